The molecule has 1 atom stereocenters. The van der Waals surface area contributed by atoms with Crippen LogP contribution in [0.15, 0.2) is 46.9 Å². The molecular weight excluding hydrogens is 439 g/mol. The summed E-state index contributed by atoms with van der Waals surface area (Å²) in [4.78, 5) is 24.1. The molecule has 138 valence electrons. The summed E-state index contributed by atoms with van der Waals surface area (Å²) in [5.74, 6) is -1.55. The van der Waals surface area contributed by atoms with Gasteiger partial charge in [-0.3, -0.25) is 4.79 Å². The van der Waals surface area contributed by atoms with E-state index >= 15 is 0 Å². The molecule has 1 amide bonds. The SMILES string of the molecule is C[C@H](OC(=O)c1ccc(Br)cc1)C(=O)Nc1cc(C(F)(F)F)ccc1Cl. The number of benzene rings is 2. The summed E-state index contributed by atoms with van der Waals surface area (Å²) in [6.07, 6.45) is -5.82. The first-order valence-electron chi connectivity index (χ1n) is 7.22. The lowest BCUT2D eigenvalue weighted by Gasteiger charge is -2.15. The molecule has 0 heterocycles. The summed E-state index contributed by atoms with van der Waals surface area (Å²) in [7, 11) is 0. The Kier molecular flexibility index (Phi) is 6.30. The number of carbonyl (C=O) groups is 2. The Morgan fingerprint density at radius 3 is 2.35 bits per heavy atom. The van der Waals surface area contributed by atoms with Gasteiger partial charge in [-0.05, 0) is 49.4 Å². The number of anilines is 1. The van der Waals surface area contributed by atoms with Gasteiger partial charge in [0.15, 0.2) is 6.10 Å². The van der Waals surface area contributed by atoms with Crippen molar-refractivity contribution >= 4 is 45.1 Å². The van der Waals surface area contributed by atoms with E-state index in [1.807, 2.05) is 0 Å². The number of esters is 1. The second kappa shape index (κ2) is 8.09. The van der Waals surface area contributed by atoms with Crippen molar-refractivity contribution < 1.29 is 27.5 Å². The van der Waals surface area contributed by atoms with Gasteiger partial charge in [0.2, 0.25) is 0 Å². The van der Waals surface area contributed by atoms with Gasteiger partial charge >= 0.3 is 12.1 Å². The van der Waals surface area contributed by atoms with Crippen LogP contribution in [0.3, 0.4) is 0 Å². The fourth-order valence-electron chi connectivity index (χ4n) is 1.90. The van der Waals surface area contributed by atoms with Crippen LogP contribution >= 0.6 is 27.5 Å². The van der Waals surface area contributed by atoms with Crippen molar-refractivity contribution in [2.45, 2.75) is 19.2 Å². The van der Waals surface area contributed by atoms with Crippen molar-refractivity contribution in [2.24, 2.45) is 0 Å². The highest BCUT2D eigenvalue weighted by atomic mass is 79.9. The largest absolute Gasteiger partial charge is 0.449 e. The third kappa shape index (κ3) is 5.22. The van der Waals surface area contributed by atoms with Gasteiger partial charge in [0, 0.05) is 4.47 Å². The number of halogens is 5. The number of alkyl halides is 3. The van der Waals surface area contributed by atoms with Crippen LogP contribution in [0, 0.1) is 0 Å². The number of hydrogen-bond acceptors (Lipinski definition) is 3. The van der Waals surface area contributed by atoms with Crippen molar-refractivity contribution in [1.82, 2.24) is 0 Å². The summed E-state index contributed by atoms with van der Waals surface area (Å²) in [6.45, 7) is 1.30. The highest BCUT2D eigenvalue weighted by molar-refractivity contribution is 9.10. The minimum absolute atomic E-state index is 0.0715. The fourth-order valence-corrected chi connectivity index (χ4v) is 2.33. The molecule has 2 aromatic carbocycles. The molecule has 0 radical (unpaired) electrons. The lowest BCUT2D eigenvalue weighted by atomic mass is 10.2. The average molecular weight is 451 g/mol. The molecular formula is C17H12BrClF3NO3. The first-order valence-corrected chi connectivity index (χ1v) is 8.39. The molecule has 0 bridgehead atoms. The van der Waals surface area contributed by atoms with E-state index in [9.17, 15) is 22.8 Å². The summed E-state index contributed by atoms with van der Waals surface area (Å²) in [5.41, 5.74) is -0.959. The molecule has 0 saturated heterocycles. The number of rotatable bonds is 4. The minimum Gasteiger partial charge on any atom is -0.449 e. The van der Waals surface area contributed by atoms with E-state index in [4.69, 9.17) is 16.3 Å². The molecule has 0 saturated carbocycles. The van der Waals surface area contributed by atoms with Gasteiger partial charge in [-0.15, -0.1) is 0 Å². The van der Waals surface area contributed by atoms with Crippen LogP contribution in [0.2, 0.25) is 5.02 Å². The molecule has 4 nitrogen and oxygen atoms in total. The van der Waals surface area contributed by atoms with E-state index < -0.39 is 29.7 Å². The van der Waals surface area contributed by atoms with E-state index in [0.29, 0.717) is 6.07 Å². The van der Waals surface area contributed by atoms with Crippen molar-refractivity contribution in [3.63, 3.8) is 0 Å². The topological polar surface area (TPSA) is 55.4 Å². The van der Waals surface area contributed by atoms with Crippen LogP contribution in [-0.4, -0.2) is 18.0 Å². The molecule has 0 aliphatic heterocycles. The van der Waals surface area contributed by atoms with Crippen LogP contribution in [0.4, 0.5) is 18.9 Å². The zero-order chi connectivity index (χ0) is 19.5. The molecule has 26 heavy (non-hydrogen) atoms. The summed E-state index contributed by atoms with van der Waals surface area (Å²) < 4.78 is 44.0. The summed E-state index contributed by atoms with van der Waals surface area (Å²) in [5, 5.41) is 2.16. The van der Waals surface area contributed by atoms with E-state index in [1.165, 1.54) is 19.1 Å². The van der Waals surface area contributed by atoms with Gasteiger partial charge < -0.3 is 10.1 Å². The number of carbonyl (C=O) groups excluding carboxylic acids is 2. The zero-order valence-corrected chi connectivity index (χ0v) is 15.6. The van der Waals surface area contributed by atoms with Crippen LogP contribution in [0.5, 0.6) is 0 Å². The second-order valence-corrected chi connectivity index (χ2v) is 6.56. The molecule has 1 N–H and O–H groups in total. The number of nitrogens with one attached hydrogen (secondary N) is 1. The van der Waals surface area contributed by atoms with Crippen LogP contribution in [0.1, 0.15) is 22.8 Å². The van der Waals surface area contributed by atoms with Crippen molar-refractivity contribution in [3.8, 4) is 0 Å². The van der Waals surface area contributed by atoms with E-state index in [1.54, 1.807) is 12.1 Å². The predicted molar refractivity (Wildman–Crippen MR) is 94.1 cm³/mol. The zero-order valence-electron chi connectivity index (χ0n) is 13.2. The normalized spacial score (nSPS) is 12.4. The number of hydrogen-bond donors (Lipinski definition) is 1. The third-order valence-corrected chi connectivity index (χ3v) is 4.14. The fraction of sp³-hybridized carbons (Fsp3) is 0.176. The maximum absolute atomic E-state index is 12.8. The van der Waals surface area contributed by atoms with Crippen molar-refractivity contribution in [1.29, 1.82) is 0 Å². The van der Waals surface area contributed by atoms with Crippen molar-refractivity contribution in [3.05, 3.63) is 63.1 Å². The van der Waals surface area contributed by atoms with E-state index in [0.717, 1.165) is 16.6 Å². The minimum atomic E-state index is -4.58. The Bertz CT molecular complexity index is 825. The average Bonchev–Trinajstić information content (AvgIpc) is 2.56. The van der Waals surface area contributed by atoms with Crippen LogP contribution in [0.25, 0.3) is 0 Å². The molecule has 0 unspecified atom stereocenters. The van der Waals surface area contributed by atoms with Gasteiger partial charge in [0.1, 0.15) is 0 Å². The Hall–Kier alpha value is -2.06. The van der Waals surface area contributed by atoms with Crippen LogP contribution < -0.4 is 5.32 Å². The summed E-state index contributed by atoms with van der Waals surface area (Å²) in [6, 6.07) is 8.80. The van der Waals surface area contributed by atoms with Gasteiger partial charge in [0.25, 0.3) is 5.91 Å². The van der Waals surface area contributed by atoms with Gasteiger partial charge in [-0.25, -0.2) is 4.79 Å². The first-order chi connectivity index (χ1) is 12.1. The molecule has 0 spiro atoms. The molecule has 0 fully saturated rings. The Labute approximate surface area is 160 Å². The lowest BCUT2D eigenvalue weighted by molar-refractivity contribution is -0.137. The monoisotopic (exact) mass is 449 g/mol. The van der Waals surface area contributed by atoms with E-state index in [-0.39, 0.29) is 16.3 Å². The van der Waals surface area contributed by atoms with Crippen LogP contribution in [-0.2, 0) is 15.7 Å². The smallest absolute Gasteiger partial charge is 0.416 e. The molecule has 9 heteroatoms. The highest BCUT2D eigenvalue weighted by Gasteiger charge is 2.31. The second-order valence-electron chi connectivity index (χ2n) is 5.24. The van der Waals surface area contributed by atoms with E-state index in [2.05, 4.69) is 21.2 Å². The van der Waals surface area contributed by atoms with Gasteiger partial charge in [-0.1, -0.05) is 27.5 Å². The Morgan fingerprint density at radius 2 is 1.77 bits per heavy atom. The lowest BCUT2D eigenvalue weighted by Crippen LogP contribution is -2.30. The molecule has 0 aliphatic rings. The maximum atomic E-state index is 12.8. The number of ether oxygens (including phenoxy) is 1. The molecule has 0 aromatic heterocycles. The first kappa shape index (κ1) is 20.3. The molecule has 2 rings (SSSR count). The summed E-state index contributed by atoms with van der Waals surface area (Å²) >= 11 is 9.04. The third-order valence-electron chi connectivity index (χ3n) is 3.28. The Balaban J connectivity index is 2.07. The molecule has 0 aliphatic carbocycles. The quantitative estimate of drug-likeness (QED) is 0.643. The molecule has 2 aromatic rings. The predicted octanol–water partition coefficient (Wildman–Crippen LogP) is 5.31. The number of amides is 1. The maximum Gasteiger partial charge on any atom is 0.416 e. The standard InChI is InChI=1S/C17H12BrClF3NO3/c1-9(26-16(25)10-2-5-12(18)6-3-10)15(24)23-14-8-11(17(20,21)22)4-7-13(14)19/h2-9H,1H3,(H,23,24)/t9-/m0/s1. The highest BCUT2D eigenvalue weighted by Crippen LogP contribution is 2.33. The van der Waals surface area contributed by atoms with Gasteiger partial charge in [0.05, 0.1) is 21.8 Å². The van der Waals surface area contributed by atoms with Crippen molar-refractivity contribution in [2.75, 3.05) is 5.32 Å². The van der Waals surface area contributed by atoms with Gasteiger partial charge in [-0.2, -0.15) is 13.2 Å². The Morgan fingerprint density at radius 1 is 1.15 bits per heavy atom.